The summed E-state index contributed by atoms with van der Waals surface area (Å²) in [6, 6.07) is 5.15. The number of nitrogens with zero attached hydrogens (tertiary/aromatic N) is 1. The zero-order valence-corrected chi connectivity index (χ0v) is 12.0. The van der Waals surface area contributed by atoms with E-state index in [0.717, 1.165) is 16.5 Å². The highest BCUT2D eigenvalue weighted by Crippen LogP contribution is 2.36. The Morgan fingerprint density at radius 1 is 1.47 bits per heavy atom. The molecule has 1 heterocycles. The molecule has 2 rings (SSSR count). The summed E-state index contributed by atoms with van der Waals surface area (Å²) in [6.07, 6.45) is 0.787. The molecule has 0 amide bonds. The Balaban J connectivity index is 2.59. The maximum Gasteiger partial charge on any atom is 0.358 e. The fourth-order valence-corrected chi connectivity index (χ4v) is 2.34. The lowest BCUT2D eigenvalue weighted by molar-refractivity contribution is 0.0686. The molecule has 0 radical (unpaired) electrons. The minimum Gasteiger partial charge on any atom is -0.496 e. The molecule has 0 aliphatic heterocycles. The second kappa shape index (κ2) is 5.44. The summed E-state index contributed by atoms with van der Waals surface area (Å²) in [7, 11) is 1.57. The lowest BCUT2D eigenvalue weighted by Crippen LogP contribution is -1.95. The van der Waals surface area contributed by atoms with Crippen molar-refractivity contribution in [3.8, 4) is 17.1 Å². The molecule has 0 aliphatic rings. The quantitative estimate of drug-likeness (QED) is 0.932. The van der Waals surface area contributed by atoms with E-state index < -0.39 is 5.97 Å². The number of benzene rings is 1. The zero-order valence-electron chi connectivity index (χ0n) is 10.4. The monoisotopic (exact) mass is 325 g/mol. The van der Waals surface area contributed by atoms with Crippen molar-refractivity contribution in [1.82, 2.24) is 5.16 Å². The van der Waals surface area contributed by atoms with E-state index in [2.05, 4.69) is 21.1 Å². The van der Waals surface area contributed by atoms with Crippen LogP contribution in [0, 0.1) is 0 Å². The lowest BCUT2D eigenvalue weighted by atomic mass is 10.0. The molecule has 19 heavy (non-hydrogen) atoms. The van der Waals surface area contributed by atoms with Gasteiger partial charge in [-0.1, -0.05) is 28.0 Å². The van der Waals surface area contributed by atoms with Gasteiger partial charge in [0.15, 0.2) is 11.5 Å². The normalized spacial score (nSPS) is 10.5. The van der Waals surface area contributed by atoms with Gasteiger partial charge in [0, 0.05) is 10.5 Å². The predicted molar refractivity (Wildman–Crippen MR) is 72.5 cm³/mol. The third-order valence-corrected chi connectivity index (χ3v) is 3.17. The van der Waals surface area contributed by atoms with Crippen LogP contribution in [0.15, 0.2) is 27.2 Å². The fourth-order valence-electron chi connectivity index (χ4n) is 1.84. The highest BCUT2D eigenvalue weighted by Gasteiger charge is 2.18. The molecule has 6 heteroatoms. The van der Waals surface area contributed by atoms with Crippen LogP contribution < -0.4 is 4.74 Å². The summed E-state index contributed by atoms with van der Waals surface area (Å²) < 4.78 is 11.3. The summed E-state index contributed by atoms with van der Waals surface area (Å²) in [6.45, 7) is 2.01. The first-order chi connectivity index (χ1) is 9.06. The maximum atomic E-state index is 10.8. The van der Waals surface area contributed by atoms with Crippen LogP contribution in [0.1, 0.15) is 23.0 Å². The van der Waals surface area contributed by atoms with E-state index in [1.54, 1.807) is 7.11 Å². The summed E-state index contributed by atoms with van der Waals surface area (Å²) in [5.41, 5.74) is 1.55. The number of aromatic carboxylic acids is 1. The molecule has 0 fully saturated rings. The Morgan fingerprint density at radius 3 is 2.74 bits per heavy atom. The van der Waals surface area contributed by atoms with Gasteiger partial charge in [-0.3, -0.25) is 0 Å². The van der Waals surface area contributed by atoms with Gasteiger partial charge in [-0.05, 0) is 24.1 Å². The zero-order chi connectivity index (χ0) is 14.0. The largest absolute Gasteiger partial charge is 0.496 e. The maximum absolute atomic E-state index is 10.8. The van der Waals surface area contributed by atoms with E-state index in [9.17, 15) is 4.79 Å². The van der Waals surface area contributed by atoms with E-state index in [-0.39, 0.29) is 5.69 Å². The van der Waals surface area contributed by atoms with Crippen molar-refractivity contribution in [2.24, 2.45) is 0 Å². The molecule has 0 spiro atoms. The topological polar surface area (TPSA) is 72.6 Å². The minimum absolute atomic E-state index is 0.130. The molecule has 0 aliphatic carbocycles. The minimum atomic E-state index is -1.13. The molecule has 5 nitrogen and oxygen atoms in total. The molecule has 1 N–H and O–H groups in total. The molecule has 0 saturated heterocycles. The first-order valence-corrected chi connectivity index (χ1v) is 6.43. The van der Waals surface area contributed by atoms with Gasteiger partial charge in [0.05, 0.1) is 12.7 Å². The Morgan fingerprint density at radius 2 is 2.21 bits per heavy atom. The first kappa shape index (κ1) is 13.6. The van der Waals surface area contributed by atoms with Crippen LogP contribution in [0.25, 0.3) is 11.3 Å². The van der Waals surface area contributed by atoms with Gasteiger partial charge in [-0.25, -0.2) is 4.79 Å². The van der Waals surface area contributed by atoms with E-state index in [4.69, 9.17) is 14.4 Å². The van der Waals surface area contributed by atoms with Crippen molar-refractivity contribution in [3.63, 3.8) is 0 Å². The van der Waals surface area contributed by atoms with Crippen molar-refractivity contribution in [1.29, 1.82) is 0 Å². The highest BCUT2D eigenvalue weighted by molar-refractivity contribution is 9.10. The lowest BCUT2D eigenvalue weighted by Gasteiger charge is -2.11. The van der Waals surface area contributed by atoms with Crippen molar-refractivity contribution in [3.05, 3.63) is 33.9 Å². The summed E-state index contributed by atoms with van der Waals surface area (Å²) >= 11 is 3.42. The van der Waals surface area contributed by atoms with E-state index in [1.807, 2.05) is 19.1 Å². The number of hydrogen-bond donors (Lipinski definition) is 1. The van der Waals surface area contributed by atoms with Crippen molar-refractivity contribution >= 4 is 21.9 Å². The number of methoxy groups -OCH3 is 1. The molecule has 1 aromatic heterocycles. The molecule has 0 unspecified atom stereocenters. The summed E-state index contributed by atoms with van der Waals surface area (Å²) in [4.78, 5) is 10.8. The van der Waals surface area contributed by atoms with Crippen LogP contribution in [0.5, 0.6) is 5.75 Å². The van der Waals surface area contributed by atoms with Crippen LogP contribution in [0.4, 0.5) is 0 Å². The second-order valence-corrected chi connectivity index (χ2v) is 4.80. The smallest absolute Gasteiger partial charge is 0.358 e. The van der Waals surface area contributed by atoms with Gasteiger partial charge in [0.1, 0.15) is 5.75 Å². The first-order valence-electron chi connectivity index (χ1n) is 5.63. The summed E-state index contributed by atoms with van der Waals surface area (Å²) in [5, 5.41) is 12.4. The van der Waals surface area contributed by atoms with Gasteiger partial charge in [0.25, 0.3) is 0 Å². The predicted octanol–water partition coefficient (Wildman–Crippen LogP) is 3.37. The van der Waals surface area contributed by atoms with E-state index in [1.165, 1.54) is 6.07 Å². The van der Waals surface area contributed by atoms with Gasteiger partial charge in [-0.2, -0.15) is 0 Å². The summed E-state index contributed by atoms with van der Waals surface area (Å²) in [5.74, 6) is -0.0938. The average Bonchev–Trinajstić information content (AvgIpc) is 2.87. The Hall–Kier alpha value is -1.82. The van der Waals surface area contributed by atoms with Gasteiger partial charge >= 0.3 is 5.97 Å². The van der Waals surface area contributed by atoms with Gasteiger partial charge < -0.3 is 14.4 Å². The van der Waals surface area contributed by atoms with Gasteiger partial charge in [0.2, 0.25) is 0 Å². The Bertz CT molecular complexity index is 621. The SMILES string of the molecule is CCc1cc(Br)cc(-c2cc(C(=O)O)no2)c1OC. The molecule has 0 saturated carbocycles. The third kappa shape index (κ3) is 2.63. The molecular formula is C13H12BrNO4. The third-order valence-electron chi connectivity index (χ3n) is 2.71. The number of carbonyl (C=O) groups is 1. The fraction of sp³-hybridized carbons (Fsp3) is 0.231. The van der Waals surface area contributed by atoms with Crippen molar-refractivity contribution < 1.29 is 19.2 Å². The number of hydrogen-bond acceptors (Lipinski definition) is 4. The number of rotatable bonds is 4. The van der Waals surface area contributed by atoms with E-state index in [0.29, 0.717) is 17.1 Å². The molecule has 1 aromatic carbocycles. The second-order valence-electron chi connectivity index (χ2n) is 3.88. The van der Waals surface area contributed by atoms with Crippen LogP contribution >= 0.6 is 15.9 Å². The molecular weight excluding hydrogens is 314 g/mol. The van der Waals surface area contributed by atoms with Crippen molar-refractivity contribution in [2.75, 3.05) is 7.11 Å². The highest BCUT2D eigenvalue weighted by atomic mass is 79.9. The number of carboxylic acids is 1. The van der Waals surface area contributed by atoms with E-state index >= 15 is 0 Å². The molecule has 0 atom stereocenters. The molecule has 0 bridgehead atoms. The Kier molecular flexibility index (Phi) is 3.90. The Labute approximate surface area is 118 Å². The number of halogens is 1. The number of ether oxygens (including phenoxy) is 1. The standard InChI is InChI=1S/C13H12BrNO4/c1-3-7-4-8(14)5-9(12(7)18-2)11-6-10(13(16)17)15-19-11/h4-6H,3H2,1-2H3,(H,16,17). The van der Waals surface area contributed by atoms with Gasteiger partial charge in [-0.15, -0.1) is 0 Å². The van der Waals surface area contributed by atoms with Crippen LogP contribution in [-0.2, 0) is 6.42 Å². The number of aromatic nitrogens is 1. The molecule has 2 aromatic rings. The number of aryl methyl sites for hydroxylation is 1. The molecule has 100 valence electrons. The average molecular weight is 326 g/mol. The number of carboxylic acid groups (broad SMARTS) is 1. The van der Waals surface area contributed by atoms with Crippen LogP contribution in [-0.4, -0.2) is 23.3 Å². The van der Waals surface area contributed by atoms with Crippen molar-refractivity contribution in [2.45, 2.75) is 13.3 Å². The van der Waals surface area contributed by atoms with Crippen LogP contribution in [0.3, 0.4) is 0 Å². The van der Waals surface area contributed by atoms with Crippen LogP contribution in [0.2, 0.25) is 0 Å².